The van der Waals surface area contributed by atoms with Crippen LogP contribution in [0.3, 0.4) is 0 Å². The number of nitrogens with zero attached hydrogens (tertiary/aromatic N) is 1. The molecule has 0 aromatic heterocycles. The minimum Gasteiger partial charge on any atom is -0.481 e. The van der Waals surface area contributed by atoms with Crippen LogP contribution in [0.15, 0.2) is 24.3 Å². The van der Waals surface area contributed by atoms with Crippen LogP contribution < -0.4 is 5.32 Å². The number of urea groups is 1. The molecule has 0 saturated heterocycles. The van der Waals surface area contributed by atoms with Gasteiger partial charge in [0.05, 0.1) is 5.92 Å². The Morgan fingerprint density at radius 3 is 2.39 bits per heavy atom. The van der Waals surface area contributed by atoms with Crippen LogP contribution in [0.2, 0.25) is 5.02 Å². The van der Waals surface area contributed by atoms with Crippen molar-refractivity contribution in [3.63, 3.8) is 0 Å². The molecule has 5 nitrogen and oxygen atoms in total. The average Bonchev–Trinajstić information content (AvgIpc) is 2.54. The normalized spacial score (nSPS) is 20.8. The predicted molar refractivity (Wildman–Crippen MR) is 89.7 cm³/mol. The summed E-state index contributed by atoms with van der Waals surface area (Å²) in [5, 5.41) is 12.7. The van der Waals surface area contributed by atoms with Gasteiger partial charge in [-0.3, -0.25) is 4.79 Å². The van der Waals surface area contributed by atoms with Gasteiger partial charge in [-0.25, -0.2) is 4.79 Å². The molecule has 0 radical (unpaired) electrons. The number of hydrogen-bond acceptors (Lipinski definition) is 2. The van der Waals surface area contributed by atoms with Gasteiger partial charge in [0.2, 0.25) is 0 Å². The van der Waals surface area contributed by atoms with Crippen molar-refractivity contribution < 1.29 is 14.7 Å². The summed E-state index contributed by atoms with van der Waals surface area (Å²) in [7, 11) is 1.77. The van der Waals surface area contributed by atoms with Crippen LogP contribution in [0.4, 0.5) is 4.79 Å². The van der Waals surface area contributed by atoms with Gasteiger partial charge in [0.25, 0.3) is 0 Å². The highest BCUT2D eigenvalue weighted by Crippen LogP contribution is 2.24. The molecule has 1 aromatic rings. The molecule has 0 aliphatic heterocycles. The van der Waals surface area contributed by atoms with Crippen LogP contribution in [-0.4, -0.2) is 41.6 Å². The van der Waals surface area contributed by atoms with E-state index < -0.39 is 5.97 Å². The second-order valence-corrected chi connectivity index (χ2v) is 6.57. The lowest BCUT2D eigenvalue weighted by Gasteiger charge is -2.28. The fraction of sp³-hybridized carbons (Fsp3) is 0.529. The standard InChI is InChI=1S/C17H23ClN2O3/c1-20(11-10-12-2-6-14(18)7-3-12)17(23)19-15-8-4-13(5-9-15)16(21)22/h2-3,6-7,13,15H,4-5,8-11H2,1H3,(H,19,23)(H,21,22). The van der Waals surface area contributed by atoms with Crippen molar-refractivity contribution in [3.05, 3.63) is 34.9 Å². The number of benzene rings is 1. The first-order valence-electron chi connectivity index (χ1n) is 7.94. The SMILES string of the molecule is CN(CCc1ccc(Cl)cc1)C(=O)NC1CCC(C(=O)O)CC1. The molecule has 2 amide bonds. The molecule has 1 aromatic carbocycles. The van der Waals surface area contributed by atoms with Crippen molar-refractivity contribution in [2.45, 2.75) is 38.1 Å². The van der Waals surface area contributed by atoms with E-state index >= 15 is 0 Å². The molecule has 126 valence electrons. The lowest BCUT2D eigenvalue weighted by molar-refractivity contribution is -0.142. The summed E-state index contributed by atoms with van der Waals surface area (Å²) in [5.41, 5.74) is 1.14. The molecule has 6 heteroatoms. The van der Waals surface area contributed by atoms with Crippen LogP contribution in [0, 0.1) is 5.92 Å². The minimum absolute atomic E-state index is 0.0797. The maximum atomic E-state index is 12.2. The Kier molecular flexibility index (Phi) is 6.28. The van der Waals surface area contributed by atoms with E-state index in [0.29, 0.717) is 24.4 Å². The Bertz CT molecular complexity index is 539. The van der Waals surface area contributed by atoms with Crippen LogP contribution >= 0.6 is 11.6 Å². The molecule has 1 aliphatic rings. The van der Waals surface area contributed by atoms with Crippen molar-refractivity contribution in [3.8, 4) is 0 Å². The third-order valence-electron chi connectivity index (χ3n) is 4.40. The lowest BCUT2D eigenvalue weighted by atomic mass is 9.86. The maximum absolute atomic E-state index is 12.2. The Labute approximate surface area is 141 Å². The monoisotopic (exact) mass is 338 g/mol. The van der Waals surface area contributed by atoms with Crippen molar-refractivity contribution in [2.24, 2.45) is 5.92 Å². The number of likely N-dealkylation sites (N-methyl/N-ethyl adjacent to an activating group) is 1. The Morgan fingerprint density at radius 2 is 1.83 bits per heavy atom. The van der Waals surface area contributed by atoms with Gasteiger partial charge in [-0.05, 0) is 49.8 Å². The topological polar surface area (TPSA) is 69.6 Å². The van der Waals surface area contributed by atoms with Gasteiger partial charge in [-0.1, -0.05) is 23.7 Å². The minimum atomic E-state index is -0.727. The molecule has 0 unspecified atom stereocenters. The lowest BCUT2D eigenvalue weighted by Crippen LogP contribution is -2.45. The summed E-state index contributed by atoms with van der Waals surface area (Å²) in [6.45, 7) is 0.623. The Morgan fingerprint density at radius 1 is 1.22 bits per heavy atom. The van der Waals surface area contributed by atoms with Gasteiger partial charge in [0, 0.05) is 24.7 Å². The zero-order chi connectivity index (χ0) is 16.8. The second kappa shape index (κ2) is 8.20. The van der Waals surface area contributed by atoms with E-state index in [2.05, 4.69) is 5.32 Å². The first-order valence-corrected chi connectivity index (χ1v) is 8.32. The summed E-state index contributed by atoms with van der Waals surface area (Å²) < 4.78 is 0. The van der Waals surface area contributed by atoms with Gasteiger partial charge in [0.1, 0.15) is 0 Å². The number of amides is 2. The highest BCUT2D eigenvalue weighted by atomic mass is 35.5. The number of rotatable bonds is 5. The Hall–Kier alpha value is -1.75. The maximum Gasteiger partial charge on any atom is 0.317 e. The summed E-state index contributed by atoms with van der Waals surface area (Å²) in [6, 6.07) is 7.59. The summed E-state index contributed by atoms with van der Waals surface area (Å²) in [6.07, 6.45) is 3.50. The van der Waals surface area contributed by atoms with Gasteiger partial charge >= 0.3 is 12.0 Å². The molecule has 2 rings (SSSR count). The van der Waals surface area contributed by atoms with E-state index in [1.165, 1.54) is 0 Å². The van der Waals surface area contributed by atoms with E-state index in [9.17, 15) is 9.59 Å². The Balaban J connectivity index is 1.73. The fourth-order valence-corrected chi connectivity index (χ4v) is 2.94. The number of carboxylic acid groups (broad SMARTS) is 1. The highest BCUT2D eigenvalue weighted by Gasteiger charge is 2.27. The van der Waals surface area contributed by atoms with E-state index in [4.69, 9.17) is 16.7 Å². The van der Waals surface area contributed by atoms with Crippen molar-refractivity contribution >= 4 is 23.6 Å². The van der Waals surface area contributed by atoms with E-state index in [-0.39, 0.29) is 18.0 Å². The fourth-order valence-electron chi connectivity index (χ4n) is 2.82. The van der Waals surface area contributed by atoms with Crippen molar-refractivity contribution in [1.82, 2.24) is 10.2 Å². The quantitative estimate of drug-likeness (QED) is 0.866. The molecule has 0 spiro atoms. The molecule has 2 N–H and O–H groups in total. The number of hydrogen-bond donors (Lipinski definition) is 2. The third-order valence-corrected chi connectivity index (χ3v) is 4.65. The van der Waals surface area contributed by atoms with Crippen LogP contribution in [0.25, 0.3) is 0 Å². The molecule has 0 atom stereocenters. The van der Waals surface area contributed by atoms with Crippen LogP contribution in [-0.2, 0) is 11.2 Å². The average molecular weight is 339 g/mol. The molecular formula is C17H23ClN2O3. The van der Waals surface area contributed by atoms with Gasteiger partial charge in [-0.2, -0.15) is 0 Å². The molecule has 0 bridgehead atoms. The number of carboxylic acids is 1. The second-order valence-electron chi connectivity index (χ2n) is 6.13. The number of halogens is 1. The number of carbonyl (C=O) groups excluding carboxylic acids is 1. The summed E-state index contributed by atoms with van der Waals surface area (Å²) in [5.74, 6) is -0.986. The molecule has 1 aliphatic carbocycles. The molecule has 1 fully saturated rings. The smallest absolute Gasteiger partial charge is 0.317 e. The van der Waals surface area contributed by atoms with Crippen LogP contribution in [0.5, 0.6) is 0 Å². The largest absolute Gasteiger partial charge is 0.481 e. The zero-order valence-corrected chi connectivity index (χ0v) is 14.1. The molecule has 23 heavy (non-hydrogen) atoms. The predicted octanol–water partition coefficient (Wildman–Crippen LogP) is 3.17. The first-order chi connectivity index (χ1) is 11.0. The summed E-state index contributed by atoms with van der Waals surface area (Å²) in [4.78, 5) is 24.8. The highest BCUT2D eigenvalue weighted by molar-refractivity contribution is 6.30. The molecule has 0 heterocycles. The zero-order valence-electron chi connectivity index (χ0n) is 13.3. The van der Waals surface area contributed by atoms with Gasteiger partial charge in [-0.15, -0.1) is 0 Å². The first kappa shape index (κ1) is 17.6. The van der Waals surface area contributed by atoms with E-state index in [1.807, 2.05) is 24.3 Å². The van der Waals surface area contributed by atoms with Crippen molar-refractivity contribution in [2.75, 3.05) is 13.6 Å². The number of carbonyl (C=O) groups is 2. The van der Waals surface area contributed by atoms with E-state index in [1.54, 1.807) is 11.9 Å². The molecule has 1 saturated carbocycles. The molecular weight excluding hydrogens is 316 g/mol. The van der Waals surface area contributed by atoms with Gasteiger partial charge < -0.3 is 15.3 Å². The van der Waals surface area contributed by atoms with Crippen molar-refractivity contribution in [1.29, 1.82) is 0 Å². The van der Waals surface area contributed by atoms with E-state index in [0.717, 1.165) is 24.8 Å². The van der Waals surface area contributed by atoms with Crippen LogP contribution in [0.1, 0.15) is 31.2 Å². The van der Waals surface area contributed by atoms with Gasteiger partial charge in [0.15, 0.2) is 0 Å². The number of nitrogens with one attached hydrogen (secondary N) is 1. The summed E-state index contributed by atoms with van der Waals surface area (Å²) >= 11 is 5.85. The third kappa shape index (κ3) is 5.43. The number of aliphatic carboxylic acids is 1.